The highest BCUT2D eigenvalue weighted by Crippen LogP contribution is 2.28. The fourth-order valence-electron chi connectivity index (χ4n) is 3.45. The van der Waals surface area contributed by atoms with Gasteiger partial charge >= 0.3 is 0 Å². The molecule has 0 amide bonds. The molecule has 0 radical (unpaired) electrons. The third kappa shape index (κ3) is 3.33. The molecule has 0 fully saturated rings. The van der Waals surface area contributed by atoms with E-state index in [-0.39, 0.29) is 0 Å². The maximum atomic E-state index is 12.3. The summed E-state index contributed by atoms with van der Waals surface area (Å²) < 4.78 is 6.96. The molecular weight excluding hydrogens is 392 g/mol. The van der Waals surface area contributed by atoms with E-state index in [1.165, 1.54) is 6.20 Å². The van der Waals surface area contributed by atoms with Gasteiger partial charge in [-0.3, -0.25) is 4.79 Å². The Kier molecular flexibility index (Phi) is 4.51. The lowest BCUT2D eigenvalue weighted by atomic mass is 10.1. The lowest BCUT2D eigenvalue weighted by molar-refractivity contribution is 0.415. The molecule has 3 heterocycles. The standard InChI is InChI=1S/C23H18N6O2/c1-14-7-5-11-17-19(14)21-27-20(15-8-6-9-16(13-15)31-2)28-29(21)23(25-17)26-18-10-3-4-12-24-22(18)30/h3-13H,1-2H3,(H,24,25,26,30). The van der Waals surface area contributed by atoms with Crippen LogP contribution in [0.25, 0.3) is 27.9 Å². The number of hydrogen-bond acceptors (Lipinski definition) is 7. The maximum absolute atomic E-state index is 12.3. The molecule has 8 heteroatoms. The van der Waals surface area contributed by atoms with Gasteiger partial charge in [-0.2, -0.15) is 4.52 Å². The Hall–Kier alpha value is -4.33. The number of methoxy groups -OCH3 is 1. The second-order valence-corrected chi connectivity index (χ2v) is 6.98. The molecule has 8 nitrogen and oxygen atoms in total. The highest BCUT2D eigenvalue weighted by Gasteiger charge is 2.17. The summed E-state index contributed by atoms with van der Waals surface area (Å²) in [6.45, 7) is 2.01. The average Bonchev–Trinajstić information content (AvgIpc) is 3.14. The van der Waals surface area contributed by atoms with E-state index >= 15 is 0 Å². The Morgan fingerprint density at radius 1 is 1.00 bits per heavy atom. The van der Waals surface area contributed by atoms with Crippen LogP contribution in [0.5, 0.6) is 5.75 Å². The summed E-state index contributed by atoms with van der Waals surface area (Å²) in [6.07, 6.45) is 1.46. The molecule has 0 saturated heterocycles. The zero-order valence-corrected chi connectivity index (χ0v) is 16.9. The topological polar surface area (TPSA) is 94.3 Å². The molecule has 1 N–H and O–H groups in total. The Morgan fingerprint density at radius 3 is 2.74 bits per heavy atom. The van der Waals surface area contributed by atoms with Crippen molar-refractivity contribution in [3.8, 4) is 17.1 Å². The van der Waals surface area contributed by atoms with Crippen molar-refractivity contribution in [2.75, 3.05) is 12.4 Å². The van der Waals surface area contributed by atoms with Gasteiger partial charge in [0.05, 0.1) is 12.6 Å². The molecule has 0 atom stereocenters. The monoisotopic (exact) mass is 410 g/mol. The lowest BCUT2D eigenvalue weighted by Crippen LogP contribution is -2.11. The molecule has 5 aromatic rings. The number of aromatic nitrogens is 5. The Bertz CT molecular complexity index is 1500. The summed E-state index contributed by atoms with van der Waals surface area (Å²) in [6, 6.07) is 18.5. The van der Waals surface area contributed by atoms with Crippen molar-refractivity contribution >= 4 is 28.2 Å². The highest BCUT2D eigenvalue weighted by molar-refractivity contribution is 5.95. The smallest absolute Gasteiger partial charge is 0.293 e. The van der Waals surface area contributed by atoms with Gasteiger partial charge in [0.2, 0.25) is 5.95 Å². The number of ether oxygens (including phenoxy) is 1. The summed E-state index contributed by atoms with van der Waals surface area (Å²) in [5, 5.41) is 8.67. The van der Waals surface area contributed by atoms with Crippen LogP contribution in [0.2, 0.25) is 0 Å². The zero-order valence-electron chi connectivity index (χ0n) is 16.9. The molecule has 0 aliphatic carbocycles. The SMILES string of the molecule is COc1cccc(-c2nc3c4c(C)cccc4nc(Nc4ccccnc4=O)n3n2)c1. The van der Waals surface area contributed by atoms with E-state index in [2.05, 4.69) is 10.3 Å². The van der Waals surface area contributed by atoms with E-state index in [4.69, 9.17) is 19.8 Å². The molecule has 5 rings (SSSR count). The first-order valence-electron chi connectivity index (χ1n) is 9.67. The fraction of sp³-hybridized carbons (Fsp3) is 0.0870. The van der Waals surface area contributed by atoms with Gasteiger partial charge in [0.15, 0.2) is 11.5 Å². The average molecular weight is 410 g/mol. The molecule has 3 aromatic heterocycles. The van der Waals surface area contributed by atoms with Crippen LogP contribution in [-0.2, 0) is 0 Å². The predicted octanol–water partition coefficient (Wildman–Crippen LogP) is 3.76. The number of benzene rings is 2. The van der Waals surface area contributed by atoms with Crippen molar-refractivity contribution in [3.05, 3.63) is 82.8 Å². The summed E-state index contributed by atoms with van der Waals surface area (Å²) in [5.41, 5.74) is 3.14. The minimum Gasteiger partial charge on any atom is -0.497 e. The van der Waals surface area contributed by atoms with E-state index < -0.39 is 5.56 Å². The summed E-state index contributed by atoms with van der Waals surface area (Å²) in [7, 11) is 1.62. The van der Waals surface area contributed by atoms with Gasteiger partial charge in [-0.15, -0.1) is 5.10 Å². The van der Waals surface area contributed by atoms with Gasteiger partial charge in [0, 0.05) is 17.1 Å². The number of nitrogens with one attached hydrogen (secondary N) is 1. The molecule has 0 aliphatic heterocycles. The van der Waals surface area contributed by atoms with Crippen molar-refractivity contribution in [2.24, 2.45) is 0 Å². The van der Waals surface area contributed by atoms with E-state index in [0.717, 1.165) is 22.0 Å². The van der Waals surface area contributed by atoms with Crippen LogP contribution >= 0.6 is 0 Å². The fourth-order valence-corrected chi connectivity index (χ4v) is 3.45. The van der Waals surface area contributed by atoms with Crippen LogP contribution in [0.4, 0.5) is 11.6 Å². The number of rotatable bonds is 4. The molecule has 0 aliphatic rings. The first kappa shape index (κ1) is 18.7. The van der Waals surface area contributed by atoms with Gasteiger partial charge in [-0.1, -0.05) is 30.3 Å². The van der Waals surface area contributed by atoms with E-state index in [9.17, 15) is 4.79 Å². The van der Waals surface area contributed by atoms with Gasteiger partial charge < -0.3 is 10.1 Å². The summed E-state index contributed by atoms with van der Waals surface area (Å²) in [4.78, 5) is 25.7. The van der Waals surface area contributed by atoms with Crippen LogP contribution in [-0.4, -0.2) is 31.7 Å². The van der Waals surface area contributed by atoms with Gasteiger partial charge in [-0.25, -0.2) is 15.0 Å². The van der Waals surface area contributed by atoms with Crippen LogP contribution in [0.15, 0.2) is 71.7 Å². The molecule has 0 unspecified atom stereocenters. The van der Waals surface area contributed by atoms with E-state index in [1.54, 1.807) is 29.8 Å². The van der Waals surface area contributed by atoms with Gasteiger partial charge in [-0.05, 0) is 42.8 Å². The van der Waals surface area contributed by atoms with Gasteiger partial charge in [0.25, 0.3) is 5.56 Å². The minimum atomic E-state index is -0.391. The Balaban J connectivity index is 1.77. The van der Waals surface area contributed by atoms with Crippen LogP contribution in [0.3, 0.4) is 0 Å². The normalized spacial score (nSPS) is 11.0. The molecular formula is C23H18N6O2. The number of nitrogens with zero attached hydrogens (tertiary/aromatic N) is 5. The largest absolute Gasteiger partial charge is 0.497 e. The Labute approximate surface area is 177 Å². The highest BCUT2D eigenvalue weighted by atomic mass is 16.5. The number of aryl methyl sites for hydroxylation is 1. The lowest BCUT2D eigenvalue weighted by Gasteiger charge is -2.09. The van der Waals surface area contributed by atoms with Crippen molar-refractivity contribution < 1.29 is 4.74 Å². The quantitative estimate of drug-likeness (QED) is 0.482. The first-order chi connectivity index (χ1) is 15.1. The number of anilines is 2. The molecule has 0 saturated carbocycles. The van der Waals surface area contributed by atoms with Crippen molar-refractivity contribution in [3.63, 3.8) is 0 Å². The van der Waals surface area contributed by atoms with E-state index in [1.807, 2.05) is 49.4 Å². The molecule has 0 spiro atoms. The zero-order chi connectivity index (χ0) is 21.4. The third-order valence-corrected chi connectivity index (χ3v) is 4.97. The van der Waals surface area contributed by atoms with Crippen molar-refractivity contribution in [2.45, 2.75) is 6.92 Å². The predicted molar refractivity (Wildman–Crippen MR) is 119 cm³/mol. The molecule has 152 valence electrons. The second-order valence-electron chi connectivity index (χ2n) is 6.98. The third-order valence-electron chi connectivity index (χ3n) is 4.97. The minimum absolute atomic E-state index is 0.296. The van der Waals surface area contributed by atoms with Gasteiger partial charge in [0.1, 0.15) is 11.4 Å². The van der Waals surface area contributed by atoms with E-state index in [0.29, 0.717) is 28.9 Å². The Morgan fingerprint density at radius 2 is 1.87 bits per heavy atom. The first-order valence-corrected chi connectivity index (χ1v) is 9.67. The van der Waals surface area contributed by atoms with Crippen LogP contribution in [0.1, 0.15) is 5.56 Å². The number of fused-ring (bicyclic) bond motifs is 3. The maximum Gasteiger partial charge on any atom is 0.293 e. The molecule has 0 bridgehead atoms. The van der Waals surface area contributed by atoms with Crippen LogP contribution < -0.4 is 15.6 Å². The summed E-state index contributed by atoms with van der Waals surface area (Å²) >= 11 is 0. The second kappa shape index (κ2) is 7.49. The van der Waals surface area contributed by atoms with Crippen molar-refractivity contribution in [1.29, 1.82) is 0 Å². The number of hydrogen-bond donors (Lipinski definition) is 1. The van der Waals surface area contributed by atoms with Crippen molar-refractivity contribution in [1.82, 2.24) is 24.6 Å². The molecule has 31 heavy (non-hydrogen) atoms. The summed E-state index contributed by atoms with van der Waals surface area (Å²) in [5.74, 6) is 1.62. The van der Waals surface area contributed by atoms with Crippen LogP contribution in [0, 0.1) is 6.92 Å². The molecule has 2 aromatic carbocycles.